The van der Waals surface area contributed by atoms with Crippen LogP contribution in [0.2, 0.25) is 0 Å². The second-order valence-corrected chi connectivity index (χ2v) is 7.57. The van der Waals surface area contributed by atoms with Crippen LogP contribution in [-0.2, 0) is 22.1 Å². The smallest absolute Gasteiger partial charge is 0.158 e. The predicted molar refractivity (Wildman–Crippen MR) is 76.1 cm³/mol. The van der Waals surface area contributed by atoms with E-state index in [4.69, 9.17) is 5.73 Å². The number of aromatic nitrogens is 2. The lowest BCUT2D eigenvalue weighted by Gasteiger charge is -2.12. The molecule has 1 aromatic rings. The van der Waals surface area contributed by atoms with Gasteiger partial charge in [0.2, 0.25) is 0 Å². The van der Waals surface area contributed by atoms with Crippen LogP contribution in [0.3, 0.4) is 0 Å². The quantitative estimate of drug-likeness (QED) is 0.855. The molecular formula is C11H20BrN3O2S. The van der Waals surface area contributed by atoms with E-state index in [1.807, 2.05) is 13.8 Å². The van der Waals surface area contributed by atoms with E-state index in [1.54, 1.807) is 11.6 Å². The maximum absolute atomic E-state index is 12.2. The Kier molecular flexibility index (Phi) is 5.36. The number of aryl methyl sites for hydroxylation is 2. The van der Waals surface area contributed by atoms with Crippen LogP contribution in [0.5, 0.6) is 0 Å². The van der Waals surface area contributed by atoms with E-state index in [9.17, 15) is 8.42 Å². The first-order valence-electron chi connectivity index (χ1n) is 5.96. The molecule has 1 unspecified atom stereocenters. The highest BCUT2D eigenvalue weighted by Gasteiger charge is 2.24. The van der Waals surface area contributed by atoms with E-state index >= 15 is 0 Å². The van der Waals surface area contributed by atoms with Gasteiger partial charge in [-0.2, -0.15) is 5.10 Å². The van der Waals surface area contributed by atoms with Gasteiger partial charge in [0.15, 0.2) is 9.84 Å². The second-order valence-electron chi connectivity index (χ2n) is 4.36. The molecule has 104 valence electrons. The van der Waals surface area contributed by atoms with Crippen molar-refractivity contribution in [2.24, 2.45) is 5.73 Å². The molecule has 0 fully saturated rings. The molecular weight excluding hydrogens is 318 g/mol. The molecule has 1 heterocycles. The highest BCUT2D eigenvalue weighted by atomic mass is 79.9. The van der Waals surface area contributed by atoms with Crippen LogP contribution in [0, 0.1) is 6.92 Å². The maximum atomic E-state index is 12.2. The molecule has 0 amide bonds. The van der Waals surface area contributed by atoms with E-state index in [0.29, 0.717) is 19.5 Å². The molecule has 0 saturated carbocycles. The molecule has 0 bridgehead atoms. The van der Waals surface area contributed by atoms with Crippen molar-refractivity contribution >= 4 is 25.8 Å². The Balaban J connectivity index is 3.04. The van der Waals surface area contributed by atoms with Crippen LogP contribution < -0.4 is 5.73 Å². The van der Waals surface area contributed by atoms with Crippen molar-refractivity contribution in [1.82, 2.24) is 9.78 Å². The van der Waals surface area contributed by atoms with Gasteiger partial charge in [0.1, 0.15) is 0 Å². The molecule has 0 aliphatic rings. The molecule has 2 N–H and O–H groups in total. The number of nitrogens with zero attached hydrogens (tertiary/aromatic N) is 2. The van der Waals surface area contributed by atoms with Gasteiger partial charge in [-0.15, -0.1) is 0 Å². The third kappa shape index (κ3) is 3.33. The zero-order valence-electron chi connectivity index (χ0n) is 11.0. The van der Waals surface area contributed by atoms with Crippen LogP contribution in [0.1, 0.15) is 31.7 Å². The fraction of sp³-hybridized carbons (Fsp3) is 0.727. The molecule has 1 atom stereocenters. The van der Waals surface area contributed by atoms with Crippen LogP contribution in [0.4, 0.5) is 0 Å². The molecule has 0 aliphatic heterocycles. The Hall–Kier alpha value is -0.400. The van der Waals surface area contributed by atoms with Crippen LogP contribution in [-0.4, -0.2) is 30.0 Å². The van der Waals surface area contributed by atoms with Crippen molar-refractivity contribution in [3.05, 3.63) is 15.9 Å². The van der Waals surface area contributed by atoms with Crippen LogP contribution in [0.15, 0.2) is 4.47 Å². The van der Waals surface area contributed by atoms with Crippen LogP contribution >= 0.6 is 15.9 Å². The Morgan fingerprint density at radius 3 is 2.61 bits per heavy atom. The summed E-state index contributed by atoms with van der Waals surface area (Å²) in [6, 6.07) is 0. The topological polar surface area (TPSA) is 78.0 Å². The molecule has 0 aromatic carbocycles. The number of nitrogens with two attached hydrogens (primary N) is 1. The molecule has 18 heavy (non-hydrogen) atoms. The second kappa shape index (κ2) is 6.16. The minimum Gasteiger partial charge on any atom is -0.330 e. The molecule has 0 radical (unpaired) electrons. The fourth-order valence-corrected chi connectivity index (χ4v) is 3.82. The molecule has 1 rings (SSSR count). The number of halogens is 1. The Morgan fingerprint density at radius 2 is 2.11 bits per heavy atom. The van der Waals surface area contributed by atoms with Gasteiger partial charge in [-0.25, -0.2) is 8.42 Å². The zero-order chi connectivity index (χ0) is 13.9. The summed E-state index contributed by atoms with van der Waals surface area (Å²) in [7, 11) is -3.19. The van der Waals surface area contributed by atoms with Gasteiger partial charge in [-0.3, -0.25) is 4.68 Å². The first-order valence-corrected chi connectivity index (χ1v) is 8.47. The standard InChI is InChI=1S/C11H20BrN3O2S/c1-4-15-10(11(12)9(3)14-15)7-18(16,17)8(2)5-6-13/h8H,4-7,13H2,1-3H3. The predicted octanol–water partition coefficient (Wildman–Crippen LogP) is 1.63. The largest absolute Gasteiger partial charge is 0.330 e. The van der Waals surface area contributed by atoms with Crippen molar-refractivity contribution in [2.45, 2.75) is 44.7 Å². The van der Waals surface area contributed by atoms with Crippen molar-refractivity contribution in [3.8, 4) is 0 Å². The third-order valence-corrected chi connectivity index (χ3v) is 6.15. The van der Waals surface area contributed by atoms with E-state index in [-0.39, 0.29) is 5.75 Å². The lowest BCUT2D eigenvalue weighted by atomic mass is 10.3. The summed E-state index contributed by atoms with van der Waals surface area (Å²) in [5, 5.41) is 3.88. The van der Waals surface area contributed by atoms with Crippen molar-refractivity contribution in [3.63, 3.8) is 0 Å². The molecule has 5 nitrogen and oxygen atoms in total. The summed E-state index contributed by atoms with van der Waals surface area (Å²) >= 11 is 3.41. The van der Waals surface area contributed by atoms with E-state index < -0.39 is 15.1 Å². The normalized spacial score (nSPS) is 13.8. The van der Waals surface area contributed by atoms with E-state index in [0.717, 1.165) is 15.9 Å². The Bertz CT molecular complexity index is 511. The minimum atomic E-state index is -3.19. The van der Waals surface area contributed by atoms with Crippen molar-refractivity contribution in [1.29, 1.82) is 0 Å². The first kappa shape index (κ1) is 15.7. The molecule has 0 saturated heterocycles. The summed E-state index contributed by atoms with van der Waals surface area (Å²) in [6.07, 6.45) is 0.485. The summed E-state index contributed by atoms with van der Waals surface area (Å²) < 4.78 is 26.9. The lowest BCUT2D eigenvalue weighted by molar-refractivity contribution is 0.569. The van der Waals surface area contributed by atoms with Crippen molar-refractivity contribution in [2.75, 3.05) is 6.54 Å². The Morgan fingerprint density at radius 1 is 1.50 bits per heavy atom. The number of hydrogen-bond donors (Lipinski definition) is 1. The lowest BCUT2D eigenvalue weighted by Crippen LogP contribution is -2.24. The average molecular weight is 338 g/mol. The molecule has 0 spiro atoms. The van der Waals surface area contributed by atoms with Crippen molar-refractivity contribution < 1.29 is 8.42 Å². The fourth-order valence-electron chi connectivity index (χ4n) is 1.75. The van der Waals surface area contributed by atoms with E-state index in [1.165, 1.54) is 0 Å². The summed E-state index contributed by atoms with van der Waals surface area (Å²) in [5.74, 6) is 0.00340. The number of sulfone groups is 1. The van der Waals surface area contributed by atoms with Gasteiger partial charge in [0.25, 0.3) is 0 Å². The molecule has 0 aliphatic carbocycles. The molecule has 1 aromatic heterocycles. The molecule has 7 heteroatoms. The Labute approximate surface area is 117 Å². The maximum Gasteiger partial charge on any atom is 0.158 e. The third-order valence-electron chi connectivity index (χ3n) is 2.98. The van der Waals surface area contributed by atoms with E-state index in [2.05, 4.69) is 21.0 Å². The summed E-state index contributed by atoms with van der Waals surface area (Å²) in [6.45, 7) is 6.54. The van der Waals surface area contributed by atoms with Gasteiger partial charge in [0, 0.05) is 6.54 Å². The van der Waals surface area contributed by atoms with Gasteiger partial charge >= 0.3 is 0 Å². The number of hydrogen-bond acceptors (Lipinski definition) is 4. The highest BCUT2D eigenvalue weighted by Crippen LogP contribution is 2.24. The zero-order valence-corrected chi connectivity index (χ0v) is 13.4. The average Bonchev–Trinajstić information content (AvgIpc) is 2.56. The van der Waals surface area contributed by atoms with Gasteiger partial charge in [-0.1, -0.05) is 0 Å². The SMILES string of the molecule is CCn1nc(C)c(Br)c1CS(=O)(=O)C(C)CCN. The monoisotopic (exact) mass is 337 g/mol. The van der Waals surface area contributed by atoms with Gasteiger partial charge in [-0.05, 0) is 49.7 Å². The first-order chi connectivity index (χ1) is 8.33. The minimum absolute atomic E-state index is 0.00340. The number of rotatable bonds is 6. The van der Waals surface area contributed by atoms with Crippen LogP contribution in [0.25, 0.3) is 0 Å². The highest BCUT2D eigenvalue weighted by molar-refractivity contribution is 9.10. The van der Waals surface area contributed by atoms with Gasteiger partial charge in [0.05, 0.1) is 26.9 Å². The summed E-state index contributed by atoms with van der Waals surface area (Å²) in [4.78, 5) is 0. The van der Waals surface area contributed by atoms with Gasteiger partial charge < -0.3 is 5.73 Å². The summed E-state index contributed by atoms with van der Waals surface area (Å²) in [5.41, 5.74) is 6.95.